The zero-order chi connectivity index (χ0) is 9.26. The van der Waals surface area contributed by atoms with E-state index in [0.717, 1.165) is 17.9 Å². The van der Waals surface area contributed by atoms with E-state index in [1.54, 1.807) is 0 Å². The molecule has 1 aliphatic rings. The number of ether oxygens (including phenoxy) is 1. The van der Waals surface area contributed by atoms with Gasteiger partial charge in [0.05, 0.1) is 12.2 Å². The van der Waals surface area contributed by atoms with Gasteiger partial charge < -0.3 is 4.74 Å². The van der Waals surface area contributed by atoms with Crippen molar-refractivity contribution >= 4 is 11.6 Å². The first-order valence-corrected chi connectivity index (χ1v) is 5.04. The van der Waals surface area contributed by atoms with Crippen LogP contribution < -0.4 is 0 Å². The summed E-state index contributed by atoms with van der Waals surface area (Å²) < 4.78 is 5.74. The normalized spacial score (nSPS) is 27.8. The molecule has 0 aromatic heterocycles. The summed E-state index contributed by atoms with van der Waals surface area (Å²) in [7, 11) is 0. The lowest BCUT2D eigenvalue weighted by Gasteiger charge is -2.11. The molecule has 0 aliphatic carbocycles. The highest BCUT2D eigenvalue weighted by molar-refractivity contribution is 6.30. The molecule has 1 nitrogen and oxygen atoms in total. The topological polar surface area (TPSA) is 9.23 Å². The molecule has 2 atom stereocenters. The van der Waals surface area contributed by atoms with Crippen LogP contribution in [0.15, 0.2) is 24.3 Å². The van der Waals surface area contributed by atoms with Gasteiger partial charge in [0.15, 0.2) is 0 Å². The fourth-order valence-corrected chi connectivity index (χ4v) is 1.95. The van der Waals surface area contributed by atoms with Crippen LogP contribution >= 0.6 is 11.6 Å². The minimum Gasteiger partial charge on any atom is -0.371 e. The predicted octanol–water partition coefficient (Wildman–Crippen LogP) is 3.58. The van der Waals surface area contributed by atoms with Crippen LogP contribution in [-0.2, 0) is 4.74 Å². The first-order valence-electron chi connectivity index (χ1n) is 4.66. The lowest BCUT2D eigenvalue weighted by atomic mass is 10.1. The number of hydrogen-bond donors (Lipinski definition) is 0. The van der Waals surface area contributed by atoms with E-state index in [1.165, 1.54) is 5.56 Å². The van der Waals surface area contributed by atoms with E-state index in [0.29, 0.717) is 6.10 Å². The van der Waals surface area contributed by atoms with E-state index in [2.05, 4.69) is 13.0 Å². The van der Waals surface area contributed by atoms with Gasteiger partial charge in [-0.25, -0.2) is 0 Å². The van der Waals surface area contributed by atoms with Crippen molar-refractivity contribution in [1.82, 2.24) is 0 Å². The van der Waals surface area contributed by atoms with E-state index in [4.69, 9.17) is 16.3 Å². The highest BCUT2D eigenvalue weighted by Gasteiger charge is 2.22. The van der Waals surface area contributed by atoms with Crippen LogP contribution in [0.1, 0.15) is 31.4 Å². The minimum absolute atomic E-state index is 0.258. The Morgan fingerprint density at radius 2 is 2.23 bits per heavy atom. The van der Waals surface area contributed by atoms with Crippen LogP contribution in [0.25, 0.3) is 0 Å². The van der Waals surface area contributed by atoms with Crippen LogP contribution in [0.2, 0.25) is 5.02 Å². The molecule has 0 amide bonds. The molecular weight excluding hydrogens is 184 g/mol. The monoisotopic (exact) mass is 196 g/mol. The molecule has 1 aromatic carbocycles. The molecule has 0 radical (unpaired) electrons. The number of hydrogen-bond acceptors (Lipinski definition) is 1. The maximum absolute atomic E-state index is 5.90. The average molecular weight is 197 g/mol. The predicted molar refractivity (Wildman–Crippen MR) is 54.0 cm³/mol. The van der Waals surface area contributed by atoms with Crippen molar-refractivity contribution in [1.29, 1.82) is 0 Å². The van der Waals surface area contributed by atoms with Gasteiger partial charge in [0.2, 0.25) is 0 Å². The van der Waals surface area contributed by atoms with Crippen LogP contribution in [0.4, 0.5) is 0 Å². The SMILES string of the molecule is CC1CCC(c2cccc(Cl)c2)O1. The number of halogens is 1. The summed E-state index contributed by atoms with van der Waals surface area (Å²) in [6.45, 7) is 2.12. The second-order valence-corrected chi connectivity index (χ2v) is 4.00. The lowest BCUT2D eigenvalue weighted by molar-refractivity contribution is 0.0556. The van der Waals surface area contributed by atoms with Crippen molar-refractivity contribution in [2.75, 3.05) is 0 Å². The molecule has 2 unspecified atom stereocenters. The van der Waals surface area contributed by atoms with E-state index < -0.39 is 0 Å². The Morgan fingerprint density at radius 1 is 1.38 bits per heavy atom. The second-order valence-electron chi connectivity index (χ2n) is 3.57. The van der Waals surface area contributed by atoms with Gasteiger partial charge >= 0.3 is 0 Å². The van der Waals surface area contributed by atoms with E-state index in [1.807, 2.05) is 18.2 Å². The Bertz CT molecular complexity index is 298. The largest absolute Gasteiger partial charge is 0.371 e. The molecule has 1 heterocycles. The van der Waals surface area contributed by atoms with Gasteiger partial charge in [-0.05, 0) is 37.5 Å². The Balaban J connectivity index is 2.16. The van der Waals surface area contributed by atoms with E-state index in [9.17, 15) is 0 Å². The molecule has 0 spiro atoms. The number of benzene rings is 1. The molecule has 1 aliphatic heterocycles. The summed E-state index contributed by atoms with van der Waals surface area (Å²) in [5, 5.41) is 0.792. The van der Waals surface area contributed by atoms with Gasteiger partial charge in [-0.3, -0.25) is 0 Å². The Labute approximate surface area is 83.7 Å². The quantitative estimate of drug-likeness (QED) is 0.667. The molecule has 1 fully saturated rings. The molecule has 2 heteroatoms. The van der Waals surface area contributed by atoms with Crippen LogP contribution in [0, 0.1) is 0 Å². The van der Waals surface area contributed by atoms with Gasteiger partial charge in [0, 0.05) is 5.02 Å². The number of rotatable bonds is 1. The maximum Gasteiger partial charge on any atom is 0.0830 e. The van der Waals surface area contributed by atoms with Gasteiger partial charge in [-0.1, -0.05) is 23.7 Å². The third-order valence-electron chi connectivity index (χ3n) is 2.45. The molecule has 2 rings (SSSR count). The molecule has 70 valence electrons. The van der Waals surface area contributed by atoms with E-state index >= 15 is 0 Å². The minimum atomic E-state index is 0.258. The molecule has 0 saturated carbocycles. The Hall–Kier alpha value is -0.530. The zero-order valence-electron chi connectivity index (χ0n) is 7.66. The highest BCUT2D eigenvalue weighted by Crippen LogP contribution is 2.33. The van der Waals surface area contributed by atoms with Gasteiger partial charge in [-0.2, -0.15) is 0 Å². The van der Waals surface area contributed by atoms with E-state index in [-0.39, 0.29) is 6.10 Å². The lowest BCUT2D eigenvalue weighted by Crippen LogP contribution is -2.00. The van der Waals surface area contributed by atoms with Gasteiger partial charge in [0.25, 0.3) is 0 Å². The van der Waals surface area contributed by atoms with Crippen LogP contribution in [-0.4, -0.2) is 6.10 Å². The molecule has 0 bridgehead atoms. The zero-order valence-corrected chi connectivity index (χ0v) is 8.42. The third kappa shape index (κ3) is 2.04. The first kappa shape index (κ1) is 9.04. The van der Waals surface area contributed by atoms with Crippen molar-refractivity contribution < 1.29 is 4.74 Å². The van der Waals surface area contributed by atoms with Crippen LogP contribution in [0.5, 0.6) is 0 Å². The fourth-order valence-electron chi connectivity index (χ4n) is 1.75. The van der Waals surface area contributed by atoms with Crippen molar-refractivity contribution in [3.05, 3.63) is 34.9 Å². The fraction of sp³-hybridized carbons (Fsp3) is 0.455. The highest BCUT2D eigenvalue weighted by atomic mass is 35.5. The standard InChI is InChI=1S/C11H13ClO/c1-8-5-6-11(13-8)9-3-2-4-10(12)7-9/h2-4,7-8,11H,5-6H2,1H3. The molecular formula is C11H13ClO. The van der Waals surface area contributed by atoms with Crippen LogP contribution in [0.3, 0.4) is 0 Å². The Morgan fingerprint density at radius 3 is 2.85 bits per heavy atom. The second kappa shape index (κ2) is 3.69. The first-order chi connectivity index (χ1) is 6.25. The van der Waals surface area contributed by atoms with Gasteiger partial charge in [-0.15, -0.1) is 0 Å². The molecule has 1 saturated heterocycles. The van der Waals surface area contributed by atoms with Gasteiger partial charge in [0.1, 0.15) is 0 Å². The third-order valence-corrected chi connectivity index (χ3v) is 2.69. The van der Waals surface area contributed by atoms with Crippen molar-refractivity contribution in [2.45, 2.75) is 32.0 Å². The van der Waals surface area contributed by atoms with Crippen molar-refractivity contribution in [3.8, 4) is 0 Å². The van der Waals surface area contributed by atoms with Crippen molar-refractivity contribution in [3.63, 3.8) is 0 Å². The maximum atomic E-state index is 5.90. The summed E-state index contributed by atoms with van der Waals surface area (Å²) >= 11 is 5.90. The molecule has 0 N–H and O–H groups in total. The summed E-state index contributed by atoms with van der Waals surface area (Å²) in [6, 6.07) is 7.94. The summed E-state index contributed by atoms with van der Waals surface area (Å²) in [6.07, 6.45) is 2.91. The summed E-state index contributed by atoms with van der Waals surface area (Å²) in [4.78, 5) is 0. The molecule has 1 aromatic rings. The molecule has 13 heavy (non-hydrogen) atoms. The summed E-state index contributed by atoms with van der Waals surface area (Å²) in [5.74, 6) is 0. The van der Waals surface area contributed by atoms with Crippen molar-refractivity contribution in [2.24, 2.45) is 0 Å². The average Bonchev–Trinajstić information content (AvgIpc) is 2.52. The smallest absolute Gasteiger partial charge is 0.0830 e. The summed E-state index contributed by atoms with van der Waals surface area (Å²) in [5.41, 5.74) is 1.21. The Kier molecular flexibility index (Phi) is 2.56.